The predicted octanol–water partition coefficient (Wildman–Crippen LogP) is 5.56. The van der Waals surface area contributed by atoms with Gasteiger partial charge in [-0.3, -0.25) is 18.7 Å². The summed E-state index contributed by atoms with van der Waals surface area (Å²) in [5.74, 6) is -0.649. The highest BCUT2D eigenvalue weighted by Gasteiger charge is 2.37. The van der Waals surface area contributed by atoms with E-state index in [1.807, 2.05) is 44.2 Å². The van der Waals surface area contributed by atoms with Crippen LogP contribution in [0.25, 0.3) is 10.9 Å². The number of ether oxygens (including phenoxy) is 1. The molecule has 51 heavy (non-hydrogen) atoms. The van der Waals surface area contributed by atoms with Gasteiger partial charge in [-0.2, -0.15) is 10.4 Å². The number of aromatic nitrogens is 2. The molecule has 14 heteroatoms. The number of carbonyl (C=O) groups is 2. The maximum atomic E-state index is 14.3. The summed E-state index contributed by atoms with van der Waals surface area (Å²) in [6.07, 6.45) is 0.909. The predicted molar refractivity (Wildman–Crippen MR) is 188 cm³/mol. The standard InChI is InChI=1S/C37H39FN8O5/c1-23(2)46-32-14-13-28(17-30(32)34(48)45(37(46)50)20-25-9-10-25)40-35(49)43-15-16-44(33(21-43)24(3)47)36(51-22-26-7-5-4-6-8-26)42-41-29-12-11-27(19-39)31(38)18-29/h4-8,11-14,17-18,23,25,33,36H,9-10,15-16,20-22H2,1-3H3,(H,40,49)/b42-41+. The fourth-order valence-corrected chi connectivity index (χ4v) is 6.20. The molecule has 6 rings (SSSR count). The third kappa shape index (κ3) is 7.95. The van der Waals surface area contributed by atoms with Crippen LogP contribution in [0, 0.1) is 23.1 Å². The van der Waals surface area contributed by atoms with E-state index in [0.29, 0.717) is 29.1 Å². The van der Waals surface area contributed by atoms with Gasteiger partial charge in [0.25, 0.3) is 5.56 Å². The Bertz CT molecular complexity index is 2140. The minimum Gasteiger partial charge on any atom is -0.337 e. The summed E-state index contributed by atoms with van der Waals surface area (Å²) in [6.45, 7) is 6.13. The largest absolute Gasteiger partial charge is 0.337 e. The molecule has 2 fully saturated rings. The Morgan fingerprint density at radius 2 is 1.82 bits per heavy atom. The van der Waals surface area contributed by atoms with Crippen molar-refractivity contribution in [3.63, 3.8) is 0 Å². The van der Waals surface area contributed by atoms with Crippen molar-refractivity contribution in [3.8, 4) is 6.07 Å². The number of amides is 2. The van der Waals surface area contributed by atoms with Gasteiger partial charge in [-0.25, -0.2) is 18.9 Å². The number of hydrogen-bond donors (Lipinski definition) is 1. The first kappa shape index (κ1) is 35.3. The number of nitriles is 1. The fourth-order valence-electron chi connectivity index (χ4n) is 6.20. The molecule has 264 valence electrons. The van der Waals surface area contributed by atoms with Crippen LogP contribution in [0.4, 0.5) is 20.6 Å². The highest BCUT2D eigenvalue weighted by atomic mass is 19.1. The number of hydrogen-bond acceptors (Lipinski definition) is 9. The fraction of sp³-hybridized carbons (Fsp3) is 0.378. The second kappa shape index (κ2) is 15.2. The van der Waals surface area contributed by atoms with E-state index < -0.39 is 24.2 Å². The summed E-state index contributed by atoms with van der Waals surface area (Å²) in [5, 5.41) is 20.8. The number of piperazine rings is 1. The number of carbonyl (C=O) groups excluding carboxylic acids is 2. The molecule has 0 radical (unpaired) electrons. The molecule has 2 heterocycles. The summed E-state index contributed by atoms with van der Waals surface area (Å²) in [5.41, 5.74) is 1.05. The number of rotatable bonds is 11. The molecular formula is C37H39FN8O5. The number of azo groups is 1. The lowest BCUT2D eigenvalue weighted by Crippen LogP contribution is -2.60. The van der Waals surface area contributed by atoms with Crippen molar-refractivity contribution in [2.75, 3.05) is 25.0 Å². The molecule has 1 N–H and O–H groups in total. The highest BCUT2D eigenvalue weighted by Crippen LogP contribution is 2.30. The summed E-state index contributed by atoms with van der Waals surface area (Å²) < 4.78 is 23.3. The molecule has 13 nitrogen and oxygen atoms in total. The van der Waals surface area contributed by atoms with Gasteiger partial charge < -0.3 is 15.0 Å². The van der Waals surface area contributed by atoms with Gasteiger partial charge >= 0.3 is 11.7 Å². The first-order valence-electron chi connectivity index (χ1n) is 16.9. The number of anilines is 1. The van der Waals surface area contributed by atoms with E-state index in [4.69, 9.17) is 10.00 Å². The molecule has 0 bridgehead atoms. The Balaban J connectivity index is 1.22. The van der Waals surface area contributed by atoms with E-state index in [9.17, 15) is 23.6 Å². The molecule has 1 aliphatic heterocycles. The van der Waals surface area contributed by atoms with Gasteiger partial charge in [-0.1, -0.05) is 30.3 Å². The molecule has 2 aliphatic rings. The molecule has 1 aliphatic carbocycles. The van der Waals surface area contributed by atoms with Crippen LogP contribution in [0.3, 0.4) is 0 Å². The van der Waals surface area contributed by atoms with Gasteiger partial charge in [0, 0.05) is 44.0 Å². The molecule has 1 saturated heterocycles. The molecule has 1 saturated carbocycles. The van der Waals surface area contributed by atoms with Crippen molar-refractivity contribution in [2.45, 2.75) is 65.2 Å². The second-order valence-electron chi connectivity index (χ2n) is 13.2. The Kier molecular flexibility index (Phi) is 10.5. The van der Waals surface area contributed by atoms with Crippen LogP contribution in [-0.4, -0.2) is 62.8 Å². The van der Waals surface area contributed by atoms with Gasteiger partial charge in [0.05, 0.1) is 34.8 Å². The first-order valence-corrected chi connectivity index (χ1v) is 16.9. The number of ketones is 1. The molecule has 3 aromatic carbocycles. The number of urea groups is 1. The van der Waals surface area contributed by atoms with E-state index in [0.717, 1.165) is 24.5 Å². The maximum absolute atomic E-state index is 14.3. The van der Waals surface area contributed by atoms with Crippen molar-refractivity contribution in [2.24, 2.45) is 16.1 Å². The number of nitrogens with one attached hydrogen (secondary N) is 1. The third-order valence-corrected chi connectivity index (χ3v) is 9.12. The quantitative estimate of drug-likeness (QED) is 0.202. The van der Waals surface area contributed by atoms with E-state index in [2.05, 4.69) is 15.5 Å². The smallest absolute Gasteiger partial charge is 0.331 e. The lowest BCUT2D eigenvalue weighted by molar-refractivity contribution is -0.138. The molecule has 2 unspecified atom stereocenters. The van der Waals surface area contributed by atoms with Crippen LogP contribution < -0.4 is 16.6 Å². The van der Waals surface area contributed by atoms with Crippen LogP contribution in [-0.2, 0) is 22.7 Å². The average molecular weight is 695 g/mol. The number of Topliss-reactive ketones (excluding diaryl/α,β-unsaturated/α-hetero) is 1. The van der Waals surface area contributed by atoms with Gasteiger partial charge in [-0.15, -0.1) is 5.11 Å². The Labute approximate surface area is 293 Å². The van der Waals surface area contributed by atoms with Crippen LogP contribution in [0.1, 0.15) is 50.8 Å². The van der Waals surface area contributed by atoms with Crippen LogP contribution >= 0.6 is 0 Å². The zero-order chi connectivity index (χ0) is 36.2. The molecule has 2 atom stereocenters. The van der Waals surface area contributed by atoms with Crippen molar-refractivity contribution in [3.05, 3.63) is 105 Å². The average Bonchev–Trinajstić information content (AvgIpc) is 3.95. The normalized spacial score (nSPS) is 17.2. The second-order valence-corrected chi connectivity index (χ2v) is 13.2. The third-order valence-electron chi connectivity index (χ3n) is 9.12. The number of halogens is 1. The van der Waals surface area contributed by atoms with Crippen LogP contribution in [0.15, 0.2) is 86.5 Å². The van der Waals surface area contributed by atoms with Crippen LogP contribution in [0.2, 0.25) is 0 Å². The Morgan fingerprint density at radius 1 is 1.06 bits per heavy atom. The van der Waals surface area contributed by atoms with E-state index >= 15 is 0 Å². The summed E-state index contributed by atoms with van der Waals surface area (Å²) >= 11 is 0. The van der Waals surface area contributed by atoms with Crippen molar-refractivity contribution in [1.82, 2.24) is 18.9 Å². The van der Waals surface area contributed by atoms with Crippen molar-refractivity contribution in [1.29, 1.82) is 5.26 Å². The van der Waals surface area contributed by atoms with Gasteiger partial charge in [-0.05, 0) is 75.4 Å². The van der Waals surface area contributed by atoms with E-state index in [1.165, 1.54) is 28.5 Å². The number of benzene rings is 3. The van der Waals surface area contributed by atoms with Crippen molar-refractivity contribution < 1.29 is 18.7 Å². The van der Waals surface area contributed by atoms with Gasteiger partial charge in [0.1, 0.15) is 17.7 Å². The highest BCUT2D eigenvalue weighted by molar-refractivity contribution is 5.93. The zero-order valence-electron chi connectivity index (χ0n) is 28.7. The summed E-state index contributed by atoms with van der Waals surface area (Å²) in [4.78, 5) is 56.6. The van der Waals surface area contributed by atoms with Crippen molar-refractivity contribution >= 4 is 34.1 Å². The van der Waals surface area contributed by atoms with Gasteiger partial charge in [0.2, 0.25) is 6.35 Å². The lowest BCUT2D eigenvalue weighted by Gasteiger charge is -2.41. The Morgan fingerprint density at radius 3 is 2.49 bits per heavy atom. The minimum absolute atomic E-state index is 0.0159. The minimum atomic E-state index is -1.06. The molecule has 2 amide bonds. The zero-order valence-corrected chi connectivity index (χ0v) is 28.7. The van der Waals surface area contributed by atoms with E-state index in [1.54, 1.807) is 33.7 Å². The lowest BCUT2D eigenvalue weighted by atomic mass is 10.1. The maximum Gasteiger partial charge on any atom is 0.331 e. The summed E-state index contributed by atoms with van der Waals surface area (Å²) in [6, 6.07) is 18.5. The molecular weight excluding hydrogens is 655 g/mol. The Hall–Kier alpha value is -5.52. The first-order chi connectivity index (χ1) is 24.5. The number of fused-ring (bicyclic) bond motifs is 1. The SMILES string of the molecule is CC(=O)C1CN(C(=O)Nc2ccc3c(c2)c(=O)n(CC2CC2)c(=O)n3C(C)C)CCN1C(/N=N/c1ccc(C#N)c(F)c1)OCc1ccccc1. The molecule has 1 aromatic heterocycles. The van der Waals surface area contributed by atoms with Crippen LogP contribution in [0.5, 0.6) is 0 Å². The van der Waals surface area contributed by atoms with Gasteiger partial charge in [0.15, 0.2) is 0 Å². The number of nitrogens with zero attached hydrogens (tertiary/aromatic N) is 7. The van der Waals surface area contributed by atoms with E-state index in [-0.39, 0.29) is 60.6 Å². The molecule has 4 aromatic rings. The topological polar surface area (TPSA) is 154 Å². The molecule has 0 spiro atoms. The summed E-state index contributed by atoms with van der Waals surface area (Å²) in [7, 11) is 0. The monoisotopic (exact) mass is 694 g/mol.